The largest absolute Gasteiger partial charge is 0.481 e. The van der Waals surface area contributed by atoms with Crippen molar-refractivity contribution in [3.05, 3.63) is 92.4 Å². The molecule has 2 aromatic heterocycles. The number of methoxy groups -OCH3 is 1. The SMILES string of the molecule is COc1nc(-c2cccc(-c3cccc(NC(=O)c4ccnn(C)c4=O)c3C)c2Cl)cc2c1[C@@H](N1CC3(CNC(=O)O3)C1)CC2. The lowest BCUT2D eigenvalue weighted by Crippen LogP contribution is -2.64. The Morgan fingerprint density at radius 1 is 1.13 bits per heavy atom. The second kappa shape index (κ2) is 11.0. The Bertz CT molecular complexity index is 1940. The van der Waals surface area contributed by atoms with Crippen LogP contribution in [-0.2, 0) is 18.2 Å². The van der Waals surface area contributed by atoms with Gasteiger partial charge in [0.1, 0.15) is 5.56 Å². The maximum atomic E-state index is 13.0. The monoisotopic (exact) mass is 626 g/mol. The minimum Gasteiger partial charge on any atom is -0.481 e. The number of amides is 2. The second-order valence-corrected chi connectivity index (χ2v) is 12.1. The molecule has 3 aliphatic rings. The van der Waals surface area contributed by atoms with E-state index in [1.54, 1.807) is 13.2 Å². The first-order valence-electron chi connectivity index (χ1n) is 14.7. The standard InChI is InChI=1S/C33H31ClN6O5/c1-18-20(6-5-9-24(18)37-29(41)23-12-13-36-39(2)31(23)42)21-7-4-8-22(28(21)34)25-14-19-10-11-26(27(19)30(38-25)44-3)40-16-33(17-40)15-35-32(43)45-33/h4-9,12-14,26H,10-11,15-17H2,1-3H3,(H,35,43)(H,37,41)/t26-/m0/s1. The lowest BCUT2D eigenvalue weighted by atomic mass is 9.91. The van der Waals surface area contributed by atoms with E-state index in [0.29, 0.717) is 41.9 Å². The molecule has 0 radical (unpaired) electrons. The number of alkyl carbamates (subject to hydrolysis) is 1. The van der Waals surface area contributed by atoms with E-state index in [4.69, 9.17) is 26.1 Å². The zero-order valence-electron chi connectivity index (χ0n) is 25.0. The van der Waals surface area contributed by atoms with E-state index in [1.165, 1.54) is 19.3 Å². The maximum absolute atomic E-state index is 13.0. The van der Waals surface area contributed by atoms with Gasteiger partial charge < -0.3 is 20.1 Å². The molecular formula is C33H31ClN6O5. The number of carbonyl (C=O) groups excluding carboxylic acids is 2. The fourth-order valence-corrected chi connectivity index (χ4v) is 7.03. The van der Waals surface area contributed by atoms with Crippen molar-refractivity contribution < 1.29 is 19.1 Å². The van der Waals surface area contributed by atoms with Crippen molar-refractivity contribution in [2.24, 2.45) is 7.05 Å². The van der Waals surface area contributed by atoms with Crippen LogP contribution in [0.1, 0.15) is 39.5 Å². The molecule has 2 N–H and O–H groups in total. The van der Waals surface area contributed by atoms with Gasteiger partial charge in [0.15, 0.2) is 5.60 Å². The summed E-state index contributed by atoms with van der Waals surface area (Å²) in [6.45, 7) is 3.78. The Labute approximate surface area is 264 Å². The van der Waals surface area contributed by atoms with Crippen molar-refractivity contribution in [2.45, 2.75) is 31.4 Å². The molecule has 1 spiro atoms. The third-order valence-corrected chi connectivity index (χ3v) is 9.41. The summed E-state index contributed by atoms with van der Waals surface area (Å²) in [5.74, 6) is 0.0530. The lowest BCUT2D eigenvalue weighted by molar-refractivity contribution is -0.0925. The Morgan fingerprint density at radius 2 is 1.89 bits per heavy atom. The topological polar surface area (TPSA) is 128 Å². The van der Waals surface area contributed by atoms with Crippen molar-refractivity contribution in [3.63, 3.8) is 0 Å². The first kappa shape index (κ1) is 29.0. The molecule has 230 valence electrons. The number of nitrogens with zero attached hydrogens (tertiary/aromatic N) is 4. The molecule has 2 aromatic carbocycles. The van der Waals surface area contributed by atoms with E-state index in [2.05, 4.69) is 26.7 Å². The van der Waals surface area contributed by atoms with Gasteiger partial charge in [-0.2, -0.15) is 5.10 Å². The van der Waals surface area contributed by atoms with Crippen molar-refractivity contribution >= 4 is 29.3 Å². The van der Waals surface area contributed by atoms with E-state index in [-0.39, 0.29) is 17.7 Å². The minimum atomic E-state index is -0.514. The number of fused-ring (bicyclic) bond motifs is 1. The number of carbonyl (C=O) groups is 2. The molecule has 0 saturated carbocycles. The van der Waals surface area contributed by atoms with Crippen molar-refractivity contribution in [2.75, 3.05) is 32.1 Å². The number of aryl methyl sites for hydroxylation is 2. The molecular weight excluding hydrogens is 596 g/mol. The smallest absolute Gasteiger partial charge is 0.407 e. The molecule has 45 heavy (non-hydrogen) atoms. The number of hydrogen-bond acceptors (Lipinski definition) is 8. The number of nitrogens with one attached hydrogen (secondary N) is 2. The van der Waals surface area contributed by atoms with Crippen LogP contribution in [0.3, 0.4) is 0 Å². The molecule has 11 nitrogen and oxygen atoms in total. The molecule has 2 aliphatic heterocycles. The van der Waals surface area contributed by atoms with Gasteiger partial charge in [-0.1, -0.05) is 41.9 Å². The summed E-state index contributed by atoms with van der Waals surface area (Å²) in [7, 11) is 3.13. The first-order valence-corrected chi connectivity index (χ1v) is 15.1. The van der Waals surface area contributed by atoms with E-state index in [1.807, 2.05) is 37.3 Å². The predicted molar refractivity (Wildman–Crippen MR) is 169 cm³/mol. The molecule has 7 rings (SSSR count). The Hall–Kier alpha value is -4.74. The van der Waals surface area contributed by atoms with Crippen LogP contribution < -0.4 is 20.9 Å². The number of hydrogen-bond donors (Lipinski definition) is 2. The van der Waals surface area contributed by atoms with Gasteiger partial charge in [-0.05, 0) is 54.7 Å². The molecule has 2 saturated heterocycles. The fourth-order valence-electron chi connectivity index (χ4n) is 6.70. The van der Waals surface area contributed by atoms with Crippen LogP contribution in [0, 0.1) is 6.92 Å². The molecule has 2 fully saturated rings. The van der Waals surface area contributed by atoms with E-state index >= 15 is 0 Å². The van der Waals surface area contributed by atoms with Gasteiger partial charge in [0, 0.05) is 54.8 Å². The highest BCUT2D eigenvalue weighted by atomic mass is 35.5. The number of ether oxygens (including phenoxy) is 2. The van der Waals surface area contributed by atoms with E-state index in [0.717, 1.165) is 50.9 Å². The van der Waals surface area contributed by atoms with E-state index in [9.17, 15) is 14.4 Å². The number of halogens is 1. The average molecular weight is 627 g/mol. The molecule has 1 aliphatic carbocycles. The molecule has 4 heterocycles. The Kier molecular flexibility index (Phi) is 7.09. The van der Waals surface area contributed by atoms with Crippen molar-refractivity contribution in [1.29, 1.82) is 0 Å². The van der Waals surface area contributed by atoms with Crippen LogP contribution >= 0.6 is 11.6 Å². The number of aromatic nitrogens is 3. The molecule has 0 unspecified atom stereocenters. The Morgan fingerprint density at radius 3 is 2.64 bits per heavy atom. The highest BCUT2D eigenvalue weighted by Crippen LogP contribution is 2.47. The van der Waals surface area contributed by atoms with Crippen molar-refractivity contribution in [3.8, 4) is 28.3 Å². The number of rotatable bonds is 6. The highest BCUT2D eigenvalue weighted by Gasteiger charge is 2.53. The van der Waals surface area contributed by atoms with Gasteiger partial charge in [0.2, 0.25) is 5.88 Å². The highest BCUT2D eigenvalue weighted by molar-refractivity contribution is 6.36. The maximum Gasteiger partial charge on any atom is 0.407 e. The van der Waals surface area contributed by atoms with Crippen LogP contribution in [0.15, 0.2) is 59.5 Å². The van der Waals surface area contributed by atoms with Gasteiger partial charge in [0.25, 0.3) is 11.5 Å². The number of pyridine rings is 1. The summed E-state index contributed by atoms with van der Waals surface area (Å²) < 4.78 is 12.5. The van der Waals surface area contributed by atoms with Gasteiger partial charge in [0.05, 0.1) is 24.4 Å². The fraction of sp³-hybridized carbons (Fsp3) is 0.303. The van der Waals surface area contributed by atoms with Gasteiger partial charge >= 0.3 is 6.09 Å². The Balaban J connectivity index is 1.18. The summed E-state index contributed by atoms with van der Waals surface area (Å²) in [6.07, 6.45) is 2.85. The molecule has 12 heteroatoms. The van der Waals surface area contributed by atoms with Crippen LogP contribution in [-0.4, -0.2) is 64.0 Å². The van der Waals surface area contributed by atoms with Gasteiger partial charge in [-0.3, -0.25) is 14.5 Å². The van der Waals surface area contributed by atoms with Gasteiger partial charge in [-0.25, -0.2) is 14.5 Å². The molecule has 1 atom stereocenters. The quantitative estimate of drug-likeness (QED) is 0.320. The van der Waals surface area contributed by atoms with E-state index < -0.39 is 17.1 Å². The normalized spacial score (nSPS) is 18.2. The summed E-state index contributed by atoms with van der Waals surface area (Å²) in [4.78, 5) is 44.3. The second-order valence-electron chi connectivity index (χ2n) is 11.7. The third kappa shape index (κ3) is 4.92. The molecule has 0 bridgehead atoms. The summed E-state index contributed by atoms with van der Waals surface area (Å²) in [5.41, 5.74) is 5.78. The number of benzene rings is 2. The zero-order chi connectivity index (χ0) is 31.5. The number of anilines is 1. The average Bonchev–Trinajstić information content (AvgIpc) is 3.62. The first-order chi connectivity index (χ1) is 21.7. The predicted octanol–water partition coefficient (Wildman–Crippen LogP) is 4.51. The molecule has 4 aromatic rings. The van der Waals surface area contributed by atoms with Crippen LogP contribution in [0.5, 0.6) is 5.88 Å². The summed E-state index contributed by atoms with van der Waals surface area (Å²) in [5, 5.41) is 10.0. The minimum absolute atomic E-state index is 0.00352. The summed E-state index contributed by atoms with van der Waals surface area (Å²) >= 11 is 7.11. The lowest BCUT2D eigenvalue weighted by Gasteiger charge is -2.48. The number of likely N-dealkylation sites (tertiary alicyclic amines) is 1. The van der Waals surface area contributed by atoms with Crippen LogP contribution in [0.25, 0.3) is 22.4 Å². The third-order valence-electron chi connectivity index (χ3n) is 9.01. The zero-order valence-corrected chi connectivity index (χ0v) is 25.8. The molecule has 2 amide bonds. The van der Waals surface area contributed by atoms with Gasteiger partial charge in [-0.15, -0.1) is 0 Å². The van der Waals surface area contributed by atoms with Crippen molar-refractivity contribution in [1.82, 2.24) is 25.0 Å². The van der Waals surface area contributed by atoms with Crippen LogP contribution in [0.4, 0.5) is 10.5 Å². The van der Waals surface area contributed by atoms with Crippen LogP contribution in [0.2, 0.25) is 5.02 Å². The summed E-state index contributed by atoms with van der Waals surface area (Å²) in [6, 6.07) is 15.0.